The molecule has 2 rings (SSSR count). The molecule has 21 heavy (non-hydrogen) atoms. The molecule has 1 atom stereocenters. The van der Waals surface area contributed by atoms with Gasteiger partial charge >= 0.3 is 0 Å². The Morgan fingerprint density at radius 3 is 2.67 bits per heavy atom. The van der Waals surface area contributed by atoms with Crippen LogP contribution in [0.3, 0.4) is 0 Å². The number of halogens is 1. The van der Waals surface area contributed by atoms with Crippen molar-refractivity contribution in [1.82, 2.24) is 9.21 Å². The normalized spacial score (nSPS) is 21.6. The number of rotatable bonds is 4. The Kier molecular flexibility index (Phi) is 5.30. The first-order valence-corrected chi connectivity index (χ1v) is 9.24. The van der Waals surface area contributed by atoms with E-state index in [0.717, 1.165) is 24.1 Å². The van der Waals surface area contributed by atoms with Crippen LogP contribution < -0.4 is 0 Å². The van der Waals surface area contributed by atoms with Crippen molar-refractivity contribution in [2.75, 3.05) is 26.7 Å². The van der Waals surface area contributed by atoms with Gasteiger partial charge < -0.3 is 4.90 Å². The minimum atomic E-state index is -3.44. The number of hydrogen-bond donors (Lipinski definition) is 0. The Morgan fingerprint density at radius 2 is 2.05 bits per heavy atom. The fourth-order valence-corrected chi connectivity index (χ4v) is 4.83. The lowest BCUT2D eigenvalue weighted by Crippen LogP contribution is -2.52. The summed E-state index contributed by atoms with van der Waals surface area (Å²) in [5.41, 5.74) is 1.64. The van der Waals surface area contributed by atoms with Crippen LogP contribution in [0.5, 0.6) is 0 Å². The van der Waals surface area contributed by atoms with Crippen molar-refractivity contribution in [2.24, 2.45) is 0 Å². The quantitative estimate of drug-likeness (QED) is 0.796. The zero-order valence-electron chi connectivity index (χ0n) is 12.8. The van der Waals surface area contributed by atoms with Crippen LogP contribution in [0.1, 0.15) is 24.5 Å². The van der Waals surface area contributed by atoms with Crippen LogP contribution in [0, 0.1) is 6.92 Å². The van der Waals surface area contributed by atoms with Crippen LogP contribution in [0.25, 0.3) is 0 Å². The molecular formula is C15H23ClN2O2S. The molecule has 1 aliphatic heterocycles. The van der Waals surface area contributed by atoms with Crippen LogP contribution in [-0.2, 0) is 15.9 Å². The Morgan fingerprint density at radius 1 is 1.33 bits per heavy atom. The minimum Gasteiger partial charge on any atom is -0.301 e. The zero-order chi connectivity index (χ0) is 15.6. The summed E-state index contributed by atoms with van der Waals surface area (Å²) in [5.74, 6) is 0.329. The zero-order valence-corrected chi connectivity index (χ0v) is 14.4. The van der Waals surface area contributed by atoms with Crippen molar-refractivity contribution >= 4 is 21.6 Å². The van der Waals surface area contributed by atoms with Crippen molar-refractivity contribution in [3.63, 3.8) is 0 Å². The minimum absolute atomic E-state index is 0.282. The second-order valence-corrected chi connectivity index (χ2v) is 7.75. The molecule has 6 heteroatoms. The van der Waals surface area contributed by atoms with Gasteiger partial charge in [-0.2, -0.15) is 4.31 Å². The number of sulfonamides is 1. The molecule has 1 saturated heterocycles. The van der Waals surface area contributed by atoms with E-state index in [0.29, 0.717) is 23.9 Å². The topological polar surface area (TPSA) is 40.6 Å². The second kappa shape index (κ2) is 6.65. The van der Waals surface area contributed by atoms with E-state index < -0.39 is 10.0 Å². The van der Waals surface area contributed by atoms with E-state index in [1.807, 2.05) is 13.0 Å². The molecule has 1 fully saturated rings. The van der Waals surface area contributed by atoms with Crippen LogP contribution >= 0.6 is 11.6 Å². The van der Waals surface area contributed by atoms with Crippen LogP contribution in [0.4, 0.5) is 0 Å². The van der Waals surface area contributed by atoms with E-state index in [1.54, 1.807) is 16.4 Å². The van der Waals surface area contributed by atoms with E-state index in [-0.39, 0.29) is 6.04 Å². The first kappa shape index (κ1) is 16.7. The number of hydrogen-bond acceptors (Lipinski definition) is 3. The lowest BCUT2D eigenvalue weighted by Gasteiger charge is -2.38. The molecule has 1 aromatic carbocycles. The summed E-state index contributed by atoms with van der Waals surface area (Å²) >= 11 is 5.89. The molecule has 1 aromatic rings. The van der Waals surface area contributed by atoms with Gasteiger partial charge in [0.05, 0.1) is 4.90 Å². The van der Waals surface area contributed by atoms with Gasteiger partial charge in [0.2, 0.25) is 10.0 Å². The lowest BCUT2D eigenvalue weighted by atomic mass is 10.1. The van der Waals surface area contributed by atoms with E-state index in [4.69, 9.17) is 11.6 Å². The third-order valence-electron chi connectivity index (χ3n) is 4.37. The summed E-state index contributed by atoms with van der Waals surface area (Å²) in [7, 11) is -1.39. The molecule has 1 aliphatic rings. The number of piperazine rings is 1. The third-order valence-corrected chi connectivity index (χ3v) is 6.67. The molecule has 118 valence electrons. The second-order valence-electron chi connectivity index (χ2n) is 5.58. The average molecular weight is 331 g/mol. The molecule has 0 spiro atoms. The Bertz CT molecular complexity index is 604. The SMILES string of the molecule is CCC1CN(S(=O)(=O)c2cccc(CCl)c2C)CCN1C. The van der Waals surface area contributed by atoms with Gasteiger partial charge in [0.1, 0.15) is 0 Å². The molecule has 1 unspecified atom stereocenters. The summed E-state index contributed by atoms with van der Waals surface area (Å²) in [5, 5.41) is 0. The highest BCUT2D eigenvalue weighted by Crippen LogP contribution is 2.25. The van der Waals surface area contributed by atoms with Crippen LogP contribution in [-0.4, -0.2) is 50.3 Å². The first-order valence-electron chi connectivity index (χ1n) is 7.26. The standard InChI is InChI=1S/C15H23ClN2O2S/c1-4-14-11-18(9-8-17(14)3)21(19,20)15-7-5-6-13(10-16)12(15)2/h5-7,14H,4,8-11H2,1-3H3. The van der Waals surface area contributed by atoms with Gasteiger partial charge in [-0.25, -0.2) is 8.42 Å². The van der Waals surface area contributed by atoms with Gasteiger partial charge in [0.15, 0.2) is 0 Å². The lowest BCUT2D eigenvalue weighted by molar-refractivity contribution is 0.144. The van der Waals surface area contributed by atoms with Gasteiger partial charge in [0.25, 0.3) is 0 Å². The summed E-state index contributed by atoms with van der Waals surface area (Å²) < 4.78 is 27.4. The first-order chi connectivity index (χ1) is 9.91. The molecule has 0 radical (unpaired) electrons. The van der Waals surface area contributed by atoms with Crippen LogP contribution in [0.2, 0.25) is 0 Å². The average Bonchev–Trinajstić information content (AvgIpc) is 2.47. The Hall–Kier alpha value is -0.620. The summed E-state index contributed by atoms with van der Waals surface area (Å²) in [6, 6.07) is 5.61. The molecule has 0 aromatic heterocycles. The summed E-state index contributed by atoms with van der Waals surface area (Å²) in [6.45, 7) is 5.79. The molecule has 0 bridgehead atoms. The van der Waals surface area contributed by atoms with E-state index in [1.165, 1.54) is 0 Å². The van der Waals surface area contributed by atoms with E-state index >= 15 is 0 Å². The molecule has 0 saturated carbocycles. The van der Waals surface area contributed by atoms with Crippen molar-refractivity contribution in [3.8, 4) is 0 Å². The number of alkyl halides is 1. The Balaban J connectivity index is 2.34. The maximum absolute atomic E-state index is 12.9. The molecule has 0 amide bonds. The van der Waals surface area contributed by atoms with Crippen molar-refractivity contribution in [3.05, 3.63) is 29.3 Å². The largest absolute Gasteiger partial charge is 0.301 e. The molecule has 1 heterocycles. The Labute approximate surface area is 132 Å². The van der Waals surface area contributed by atoms with E-state index in [2.05, 4.69) is 18.9 Å². The van der Waals surface area contributed by atoms with Gasteiger partial charge in [-0.3, -0.25) is 0 Å². The monoisotopic (exact) mass is 330 g/mol. The molecule has 4 nitrogen and oxygen atoms in total. The number of likely N-dealkylation sites (N-methyl/N-ethyl adjacent to an activating group) is 1. The predicted molar refractivity (Wildman–Crippen MR) is 86.2 cm³/mol. The smallest absolute Gasteiger partial charge is 0.243 e. The van der Waals surface area contributed by atoms with Gasteiger partial charge in [-0.15, -0.1) is 11.6 Å². The summed E-state index contributed by atoms with van der Waals surface area (Å²) in [4.78, 5) is 2.62. The highest BCUT2D eigenvalue weighted by molar-refractivity contribution is 7.89. The molecule has 0 N–H and O–H groups in total. The molecule has 0 aliphatic carbocycles. The van der Waals surface area contributed by atoms with Crippen molar-refractivity contribution in [2.45, 2.75) is 37.1 Å². The maximum Gasteiger partial charge on any atom is 0.243 e. The van der Waals surface area contributed by atoms with Crippen LogP contribution in [0.15, 0.2) is 23.1 Å². The van der Waals surface area contributed by atoms with Gasteiger partial charge in [-0.05, 0) is 37.6 Å². The predicted octanol–water partition coefficient (Wildman–Crippen LogP) is 2.45. The fourth-order valence-electron chi connectivity index (χ4n) is 2.80. The van der Waals surface area contributed by atoms with Crippen molar-refractivity contribution < 1.29 is 8.42 Å². The van der Waals surface area contributed by atoms with E-state index in [9.17, 15) is 8.42 Å². The molecular weight excluding hydrogens is 308 g/mol. The fraction of sp³-hybridized carbons (Fsp3) is 0.600. The highest BCUT2D eigenvalue weighted by atomic mass is 35.5. The number of benzene rings is 1. The van der Waals surface area contributed by atoms with Gasteiger partial charge in [-0.1, -0.05) is 19.1 Å². The van der Waals surface area contributed by atoms with Gasteiger partial charge in [0, 0.05) is 31.6 Å². The maximum atomic E-state index is 12.9. The summed E-state index contributed by atoms with van der Waals surface area (Å²) in [6.07, 6.45) is 0.948. The third kappa shape index (κ3) is 3.26. The highest BCUT2D eigenvalue weighted by Gasteiger charge is 2.32. The van der Waals surface area contributed by atoms with Crippen molar-refractivity contribution in [1.29, 1.82) is 0 Å². The number of nitrogens with zero attached hydrogens (tertiary/aromatic N) is 2.